The molecule has 44 heavy (non-hydrogen) atoms. The van der Waals surface area contributed by atoms with Crippen LogP contribution in [0.2, 0.25) is 0 Å². The van der Waals surface area contributed by atoms with Crippen LogP contribution in [0.1, 0.15) is 169 Å². The van der Waals surface area contributed by atoms with E-state index in [1.54, 1.807) is 0 Å². The number of hydrogen-bond donors (Lipinski definition) is 0. The second-order valence-corrected chi connectivity index (χ2v) is 14.1. The molecule has 2 aromatic carbocycles. The van der Waals surface area contributed by atoms with Gasteiger partial charge in [0.25, 0.3) is 0 Å². The summed E-state index contributed by atoms with van der Waals surface area (Å²) in [6, 6.07) is 14.2. The average Bonchev–Trinajstić information content (AvgIpc) is 3.07. The molecular weight excluding hydrogens is 544 g/mol. The molecule has 0 amide bonds. The van der Waals surface area contributed by atoms with Gasteiger partial charge in [0.05, 0.1) is 12.2 Å². The fourth-order valence-electron chi connectivity index (χ4n) is 7.93. The number of esters is 1. The Hall–Kier alpha value is -2.33. The summed E-state index contributed by atoms with van der Waals surface area (Å²) >= 11 is 0. The van der Waals surface area contributed by atoms with Crippen LogP contribution in [0.25, 0.3) is 0 Å². The minimum absolute atomic E-state index is 0.194. The molecule has 1 atom stereocenters. The fraction of sp³-hybridized carbons (Fsp3) is 0.675. The van der Waals surface area contributed by atoms with Crippen molar-refractivity contribution in [3.05, 3.63) is 59.2 Å². The van der Waals surface area contributed by atoms with Crippen LogP contribution in [0.3, 0.4) is 0 Å². The van der Waals surface area contributed by atoms with E-state index in [2.05, 4.69) is 32.0 Å². The quantitative estimate of drug-likeness (QED) is 0.123. The maximum absolute atomic E-state index is 13.4. The van der Waals surface area contributed by atoms with Crippen LogP contribution in [0.15, 0.2) is 42.5 Å². The van der Waals surface area contributed by atoms with Gasteiger partial charge in [-0.1, -0.05) is 77.3 Å². The highest BCUT2D eigenvalue weighted by Gasteiger charge is 2.28. The molecule has 2 aromatic rings. The van der Waals surface area contributed by atoms with Crippen molar-refractivity contribution in [3.63, 3.8) is 0 Å². The van der Waals surface area contributed by atoms with Gasteiger partial charge < -0.3 is 14.2 Å². The summed E-state index contributed by atoms with van der Waals surface area (Å²) in [5.41, 5.74) is 3.28. The van der Waals surface area contributed by atoms with Gasteiger partial charge in [0, 0.05) is 6.42 Å². The molecule has 0 N–H and O–H groups in total. The predicted molar refractivity (Wildman–Crippen MR) is 180 cm³/mol. The van der Waals surface area contributed by atoms with Gasteiger partial charge >= 0.3 is 5.97 Å². The molecule has 1 saturated heterocycles. The zero-order chi connectivity index (χ0) is 30.6. The van der Waals surface area contributed by atoms with Crippen LogP contribution in [0, 0.1) is 11.8 Å². The third-order valence-electron chi connectivity index (χ3n) is 10.8. The van der Waals surface area contributed by atoms with Crippen molar-refractivity contribution >= 4 is 5.97 Å². The van der Waals surface area contributed by atoms with E-state index in [1.807, 2.05) is 24.3 Å². The molecule has 5 rings (SSSR count). The lowest BCUT2D eigenvalue weighted by atomic mass is 9.74. The molecule has 2 saturated carbocycles. The number of unbranched alkanes of at least 4 members (excludes halogenated alkanes) is 4. The molecule has 242 valence electrons. The van der Waals surface area contributed by atoms with Crippen LogP contribution in [0.4, 0.5) is 0 Å². The van der Waals surface area contributed by atoms with Crippen molar-refractivity contribution in [2.24, 2.45) is 11.8 Å². The van der Waals surface area contributed by atoms with E-state index in [1.165, 1.54) is 114 Å². The van der Waals surface area contributed by atoms with Crippen LogP contribution in [0.5, 0.6) is 11.5 Å². The highest BCUT2D eigenvalue weighted by Crippen LogP contribution is 2.44. The molecule has 1 aliphatic heterocycles. The zero-order valence-electron chi connectivity index (χ0n) is 27.7. The van der Waals surface area contributed by atoms with E-state index < -0.39 is 0 Å². The molecule has 0 bridgehead atoms. The summed E-state index contributed by atoms with van der Waals surface area (Å²) < 4.78 is 17.9. The Morgan fingerprint density at radius 3 is 1.95 bits per heavy atom. The highest BCUT2D eigenvalue weighted by molar-refractivity contribution is 5.91. The summed E-state index contributed by atoms with van der Waals surface area (Å²) in [6.45, 7) is 5.34. The van der Waals surface area contributed by atoms with Gasteiger partial charge in [0.1, 0.15) is 11.5 Å². The van der Waals surface area contributed by atoms with Crippen molar-refractivity contribution in [3.8, 4) is 11.5 Å². The Kier molecular flexibility index (Phi) is 13.1. The summed E-state index contributed by atoms with van der Waals surface area (Å²) in [5, 5.41) is 0. The fourth-order valence-corrected chi connectivity index (χ4v) is 7.93. The number of carbonyl (C=O) groups excluding carboxylic acids is 1. The van der Waals surface area contributed by atoms with Gasteiger partial charge in [-0.2, -0.15) is 0 Å². The standard InChI is InChI=1S/C40H58O4/c1-3-5-7-11-30-14-18-32(19-15-30)35-24-27-38(37(29-35)33-20-16-31(17-21-33)12-8-6-4-2)44-40(41)34-22-25-36(26-23-34)43-39-13-9-10-28-42-39/h22-27,29-33,39H,3-21,28H2,1-2H3. The monoisotopic (exact) mass is 602 g/mol. The number of ether oxygens (including phenoxy) is 3. The van der Waals surface area contributed by atoms with Crippen molar-refractivity contribution in [1.82, 2.24) is 0 Å². The second kappa shape index (κ2) is 17.4. The zero-order valence-corrected chi connectivity index (χ0v) is 27.7. The first-order valence-electron chi connectivity index (χ1n) is 18.4. The summed E-state index contributed by atoms with van der Waals surface area (Å²) in [7, 11) is 0. The van der Waals surface area contributed by atoms with E-state index in [0.717, 1.165) is 49.2 Å². The van der Waals surface area contributed by atoms with Crippen LogP contribution in [-0.2, 0) is 4.74 Å². The Morgan fingerprint density at radius 1 is 0.727 bits per heavy atom. The van der Waals surface area contributed by atoms with Crippen molar-refractivity contribution < 1.29 is 19.0 Å². The van der Waals surface area contributed by atoms with Crippen molar-refractivity contribution in [2.45, 2.75) is 154 Å². The van der Waals surface area contributed by atoms with Gasteiger partial charge in [0.15, 0.2) is 6.29 Å². The minimum Gasteiger partial charge on any atom is -0.465 e. The summed E-state index contributed by atoms with van der Waals surface area (Å²) in [4.78, 5) is 13.4. The van der Waals surface area contributed by atoms with Crippen molar-refractivity contribution in [1.29, 1.82) is 0 Å². The molecule has 0 aromatic heterocycles. The second-order valence-electron chi connectivity index (χ2n) is 14.1. The molecular formula is C40H58O4. The first-order chi connectivity index (χ1) is 21.6. The van der Waals surface area contributed by atoms with E-state index in [0.29, 0.717) is 17.4 Å². The third-order valence-corrected chi connectivity index (χ3v) is 10.8. The maximum Gasteiger partial charge on any atom is 0.343 e. The average molecular weight is 603 g/mol. The Balaban J connectivity index is 1.25. The molecule has 1 heterocycles. The SMILES string of the molecule is CCCCCC1CCC(c2ccc(OC(=O)c3ccc(OC4CCCCO4)cc3)c(C3CCC(CCCCC)CC3)c2)CC1. The predicted octanol–water partition coefficient (Wildman–Crippen LogP) is 11.5. The molecule has 1 unspecified atom stereocenters. The van der Waals surface area contributed by atoms with Crippen LogP contribution in [-0.4, -0.2) is 18.9 Å². The van der Waals surface area contributed by atoms with Crippen LogP contribution >= 0.6 is 0 Å². The van der Waals surface area contributed by atoms with Gasteiger partial charge in [-0.3, -0.25) is 0 Å². The first-order valence-corrected chi connectivity index (χ1v) is 18.4. The van der Waals surface area contributed by atoms with Gasteiger partial charge in [-0.25, -0.2) is 4.79 Å². The Bertz CT molecular complexity index is 1120. The number of hydrogen-bond acceptors (Lipinski definition) is 4. The summed E-state index contributed by atoms with van der Waals surface area (Å²) in [5.74, 6) is 4.07. The van der Waals surface area contributed by atoms with E-state index in [4.69, 9.17) is 14.2 Å². The number of benzene rings is 2. The van der Waals surface area contributed by atoms with Crippen molar-refractivity contribution in [2.75, 3.05) is 6.61 Å². The lowest BCUT2D eigenvalue weighted by Crippen LogP contribution is -2.25. The van der Waals surface area contributed by atoms with E-state index in [-0.39, 0.29) is 12.3 Å². The van der Waals surface area contributed by atoms with Gasteiger partial charge in [0.2, 0.25) is 0 Å². The topological polar surface area (TPSA) is 44.8 Å². The van der Waals surface area contributed by atoms with E-state index >= 15 is 0 Å². The highest BCUT2D eigenvalue weighted by atomic mass is 16.7. The molecule has 4 nitrogen and oxygen atoms in total. The molecule has 0 spiro atoms. The lowest BCUT2D eigenvalue weighted by molar-refractivity contribution is -0.105. The molecule has 3 aliphatic rings. The summed E-state index contributed by atoms with van der Waals surface area (Å²) in [6.07, 6.45) is 24.1. The Labute approximate surface area is 267 Å². The van der Waals surface area contributed by atoms with Gasteiger partial charge in [-0.05, 0) is 129 Å². The normalized spacial score (nSPS) is 25.8. The molecule has 4 heteroatoms. The van der Waals surface area contributed by atoms with Crippen LogP contribution < -0.4 is 9.47 Å². The first kappa shape index (κ1) is 33.0. The third kappa shape index (κ3) is 9.59. The maximum atomic E-state index is 13.4. The molecule has 2 aliphatic carbocycles. The largest absolute Gasteiger partial charge is 0.465 e. The number of rotatable bonds is 14. The number of carbonyl (C=O) groups is 1. The lowest BCUT2D eigenvalue weighted by Gasteiger charge is -2.32. The van der Waals surface area contributed by atoms with E-state index in [9.17, 15) is 4.79 Å². The minimum atomic E-state index is -0.291. The molecule has 0 radical (unpaired) electrons. The Morgan fingerprint density at radius 2 is 1.36 bits per heavy atom. The smallest absolute Gasteiger partial charge is 0.343 e. The molecule has 3 fully saturated rings. The van der Waals surface area contributed by atoms with Gasteiger partial charge in [-0.15, -0.1) is 0 Å².